The molecule has 1 fully saturated rings. The van der Waals surface area contributed by atoms with E-state index < -0.39 is 17.5 Å². The van der Waals surface area contributed by atoms with Crippen LogP contribution in [-0.4, -0.2) is 18.0 Å². The van der Waals surface area contributed by atoms with Crippen LogP contribution in [-0.2, 0) is 24.7 Å². The van der Waals surface area contributed by atoms with E-state index in [0.717, 1.165) is 5.56 Å². The normalized spacial score (nSPS) is 31.0. The lowest BCUT2D eigenvalue weighted by molar-refractivity contribution is -0.187. The number of rotatable bonds is 1. The van der Waals surface area contributed by atoms with Crippen LogP contribution in [0.4, 0.5) is 0 Å². The molecule has 20 heavy (non-hydrogen) atoms. The highest BCUT2D eigenvalue weighted by atomic mass is 35.5. The standard InChI is InChI=1S/C15H17ClO4/c1-9-10(2)19-13(17)8-14(18)20-15(9,3)11-4-6-12(16)7-5-11/h4-7,9-10H,8H2,1-3H3. The van der Waals surface area contributed by atoms with Gasteiger partial charge in [0.2, 0.25) is 0 Å². The second-order valence-electron chi connectivity index (χ2n) is 5.25. The molecule has 1 aromatic carbocycles. The number of halogens is 1. The summed E-state index contributed by atoms with van der Waals surface area (Å²) in [6.07, 6.45) is -0.712. The van der Waals surface area contributed by atoms with Gasteiger partial charge in [-0.25, -0.2) is 0 Å². The zero-order valence-corrected chi connectivity index (χ0v) is 12.4. The molecule has 0 radical (unpaired) electrons. The molecule has 4 nitrogen and oxygen atoms in total. The molecule has 0 N–H and O–H groups in total. The Labute approximate surface area is 123 Å². The quantitative estimate of drug-likeness (QED) is 0.590. The maximum atomic E-state index is 11.8. The van der Waals surface area contributed by atoms with Gasteiger partial charge in [0.25, 0.3) is 0 Å². The van der Waals surface area contributed by atoms with Crippen molar-refractivity contribution >= 4 is 23.5 Å². The molecule has 0 amide bonds. The number of cyclic esters (lactones) is 2. The van der Waals surface area contributed by atoms with Crippen molar-refractivity contribution in [3.63, 3.8) is 0 Å². The van der Waals surface area contributed by atoms with Crippen molar-refractivity contribution in [1.29, 1.82) is 0 Å². The number of hydrogen-bond acceptors (Lipinski definition) is 4. The minimum absolute atomic E-state index is 0.183. The van der Waals surface area contributed by atoms with E-state index in [0.29, 0.717) is 5.02 Å². The second-order valence-corrected chi connectivity index (χ2v) is 5.68. The summed E-state index contributed by atoms with van der Waals surface area (Å²) >= 11 is 5.89. The molecule has 1 aromatic rings. The molecule has 0 saturated carbocycles. The molecular weight excluding hydrogens is 280 g/mol. The Morgan fingerprint density at radius 1 is 1.15 bits per heavy atom. The average Bonchev–Trinajstić information content (AvgIpc) is 2.36. The minimum atomic E-state index is -0.859. The Bertz CT molecular complexity index is 525. The Balaban J connectivity index is 2.41. The van der Waals surface area contributed by atoms with E-state index in [-0.39, 0.29) is 18.4 Å². The summed E-state index contributed by atoms with van der Waals surface area (Å²) in [5.74, 6) is -1.31. The second kappa shape index (κ2) is 5.44. The number of carbonyl (C=O) groups excluding carboxylic acids is 2. The van der Waals surface area contributed by atoms with Crippen LogP contribution in [0.2, 0.25) is 5.02 Å². The Hall–Kier alpha value is -1.55. The lowest BCUT2D eigenvalue weighted by atomic mass is 9.80. The highest BCUT2D eigenvalue weighted by molar-refractivity contribution is 6.30. The van der Waals surface area contributed by atoms with Gasteiger partial charge < -0.3 is 9.47 Å². The Morgan fingerprint density at radius 2 is 1.75 bits per heavy atom. The summed E-state index contributed by atoms with van der Waals surface area (Å²) in [7, 11) is 0. The van der Waals surface area contributed by atoms with Crippen molar-refractivity contribution in [1.82, 2.24) is 0 Å². The van der Waals surface area contributed by atoms with Gasteiger partial charge in [-0.2, -0.15) is 0 Å². The molecule has 1 aliphatic heterocycles. The zero-order valence-electron chi connectivity index (χ0n) is 11.7. The van der Waals surface area contributed by atoms with Crippen molar-refractivity contribution in [3.8, 4) is 0 Å². The van der Waals surface area contributed by atoms with Gasteiger partial charge in [-0.1, -0.05) is 30.7 Å². The highest BCUT2D eigenvalue weighted by Crippen LogP contribution is 2.38. The summed E-state index contributed by atoms with van der Waals surface area (Å²) in [6, 6.07) is 7.14. The van der Waals surface area contributed by atoms with E-state index in [4.69, 9.17) is 21.1 Å². The van der Waals surface area contributed by atoms with Crippen LogP contribution in [0, 0.1) is 5.92 Å². The smallest absolute Gasteiger partial charge is 0.318 e. The fourth-order valence-corrected chi connectivity index (χ4v) is 2.51. The molecule has 1 saturated heterocycles. The number of esters is 2. The van der Waals surface area contributed by atoms with Gasteiger partial charge in [0.15, 0.2) is 0 Å². The van der Waals surface area contributed by atoms with E-state index in [1.54, 1.807) is 19.1 Å². The van der Waals surface area contributed by atoms with Crippen molar-refractivity contribution in [2.24, 2.45) is 5.92 Å². The summed E-state index contributed by atoms with van der Waals surface area (Å²) in [4.78, 5) is 23.3. The molecule has 1 aliphatic rings. The van der Waals surface area contributed by atoms with E-state index >= 15 is 0 Å². The number of ether oxygens (including phenoxy) is 2. The van der Waals surface area contributed by atoms with E-state index in [2.05, 4.69) is 0 Å². The van der Waals surface area contributed by atoms with Crippen LogP contribution in [0.15, 0.2) is 24.3 Å². The number of hydrogen-bond donors (Lipinski definition) is 0. The van der Waals surface area contributed by atoms with Gasteiger partial charge in [-0.15, -0.1) is 0 Å². The van der Waals surface area contributed by atoms with Gasteiger partial charge >= 0.3 is 11.9 Å². The Morgan fingerprint density at radius 3 is 2.35 bits per heavy atom. The third-order valence-electron chi connectivity index (χ3n) is 3.92. The fourth-order valence-electron chi connectivity index (χ4n) is 2.38. The van der Waals surface area contributed by atoms with Crippen molar-refractivity contribution in [2.75, 3.05) is 0 Å². The molecule has 5 heteroatoms. The van der Waals surface area contributed by atoms with Crippen LogP contribution in [0.25, 0.3) is 0 Å². The van der Waals surface area contributed by atoms with Gasteiger partial charge in [0, 0.05) is 10.9 Å². The first-order chi connectivity index (χ1) is 9.33. The first-order valence-corrected chi connectivity index (χ1v) is 6.88. The Kier molecular flexibility index (Phi) is 4.04. The lowest BCUT2D eigenvalue weighted by Crippen LogP contribution is -2.44. The summed E-state index contributed by atoms with van der Waals surface area (Å²) in [5, 5.41) is 0.613. The number of carbonyl (C=O) groups is 2. The average molecular weight is 297 g/mol. The van der Waals surface area contributed by atoms with Gasteiger partial charge in [-0.3, -0.25) is 9.59 Å². The van der Waals surface area contributed by atoms with Crippen LogP contribution >= 0.6 is 11.6 Å². The molecule has 108 valence electrons. The van der Waals surface area contributed by atoms with Gasteiger partial charge in [-0.05, 0) is 31.5 Å². The third-order valence-corrected chi connectivity index (χ3v) is 4.17. The number of benzene rings is 1. The predicted molar refractivity (Wildman–Crippen MR) is 74.2 cm³/mol. The SMILES string of the molecule is CC1OC(=O)CC(=O)OC(C)(c2ccc(Cl)cc2)C1C. The predicted octanol–water partition coefficient (Wildman–Crippen LogP) is 3.07. The zero-order chi connectivity index (χ0) is 14.9. The van der Waals surface area contributed by atoms with Crippen molar-refractivity contribution < 1.29 is 19.1 Å². The molecule has 0 aromatic heterocycles. The molecule has 0 aliphatic carbocycles. The summed E-state index contributed by atoms with van der Waals surface area (Å²) in [5.41, 5.74) is -0.0329. The lowest BCUT2D eigenvalue weighted by Gasteiger charge is -2.39. The molecule has 0 bridgehead atoms. The largest absolute Gasteiger partial charge is 0.462 e. The maximum Gasteiger partial charge on any atom is 0.318 e. The van der Waals surface area contributed by atoms with Gasteiger partial charge in [0.1, 0.15) is 18.1 Å². The molecule has 2 rings (SSSR count). The molecule has 1 heterocycles. The minimum Gasteiger partial charge on any atom is -0.462 e. The molecule has 3 unspecified atom stereocenters. The maximum absolute atomic E-state index is 11.8. The van der Waals surface area contributed by atoms with Gasteiger partial charge in [0.05, 0.1) is 0 Å². The third kappa shape index (κ3) is 2.80. The van der Waals surface area contributed by atoms with Crippen LogP contribution in [0.1, 0.15) is 32.8 Å². The monoisotopic (exact) mass is 296 g/mol. The summed E-state index contributed by atoms with van der Waals surface area (Å²) < 4.78 is 10.8. The molecular formula is C15H17ClO4. The van der Waals surface area contributed by atoms with Crippen molar-refractivity contribution in [3.05, 3.63) is 34.9 Å². The topological polar surface area (TPSA) is 52.6 Å². The van der Waals surface area contributed by atoms with E-state index in [1.807, 2.05) is 26.0 Å². The fraction of sp³-hybridized carbons (Fsp3) is 0.467. The highest BCUT2D eigenvalue weighted by Gasteiger charge is 2.43. The van der Waals surface area contributed by atoms with E-state index in [1.165, 1.54) is 0 Å². The van der Waals surface area contributed by atoms with Crippen LogP contribution < -0.4 is 0 Å². The molecule has 0 spiro atoms. The van der Waals surface area contributed by atoms with Crippen molar-refractivity contribution in [2.45, 2.75) is 38.9 Å². The van der Waals surface area contributed by atoms with Crippen LogP contribution in [0.5, 0.6) is 0 Å². The first kappa shape index (κ1) is 14.9. The molecule has 3 atom stereocenters. The summed E-state index contributed by atoms with van der Waals surface area (Å²) in [6.45, 7) is 5.52. The first-order valence-electron chi connectivity index (χ1n) is 6.50. The van der Waals surface area contributed by atoms with E-state index in [9.17, 15) is 9.59 Å². The van der Waals surface area contributed by atoms with Crippen LogP contribution in [0.3, 0.4) is 0 Å².